The first-order valence-electron chi connectivity index (χ1n) is 8.22. The molecule has 2 aromatic rings. The molecule has 0 spiro atoms. The number of nitrogens with two attached hydrogens (primary N) is 1. The van der Waals surface area contributed by atoms with Gasteiger partial charge in [-0.2, -0.15) is 15.5 Å². The summed E-state index contributed by atoms with van der Waals surface area (Å²) >= 11 is 0. The highest BCUT2D eigenvalue weighted by molar-refractivity contribution is 5.83. The van der Waals surface area contributed by atoms with E-state index in [2.05, 4.69) is 35.9 Å². The molecule has 1 heterocycles. The molecule has 128 valence electrons. The fourth-order valence-electron chi connectivity index (χ4n) is 2.76. The first kappa shape index (κ1) is 18.1. The first-order valence-corrected chi connectivity index (χ1v) is 8.22. The summed E-state index contributed by atoms with van der Waals surface area (Å²) in [4.78, 5) is 6.28. The van der Waals surface area contributed by atoms with Gasteiger partial charge in [-0.3, -0.25) is 0 Å². The van der Waals surface area contributed by atoms with Gasteiger partial charge in [0.1, 0.15) is 29.1 Å². The van der Waals surface area contributed by atoms with E-state index in [-0.39, 0.29) is 22.8 Å². The Morgan fingerprint density at radius 2 is 1.64 bits per heavy atom. The Labute approximate surface area is 148 Å². The van der Waals surface area contributed by atoms with Gasteiger partial charge in [-0.15, -0.1) is 0 Å². The summed E-state index contributed by atoms with van der Waals surface area (Å²) in [7, 11) is 0. The zero-order valence-corrected chi connectivity index (χ0v) is 14.7. The number of pyridine rings is 1. The van der Waals surface area contributed by atoms with E-state index in [0.717, 1.165) is 24.3 Å². The third-order valence-electron chi connectivity index (χ3n) is 3.98. The average molecular weight is 335 g/mol. The molecule has 0 fully saturated rings. The van der Waals surface area contributed by atoms with E-state index in [1.165, 1.54) is 0 Å². The number of anilines is 2. The summed E-state index contributed by atoms with van der Waals surface area (Å²) in [5, 5.41) is 19.1. The minimum absolute atomic E-state index is 0.0627. The van der Waals surface area contributed by atoms with Gasteiger partial charge in [0.15, 0.2) is 0 Å². The van der Waals surface area contributed by atoms with E-state index in [4.69, 9.17) is 10.5 Å². The second-order valence-electron chi connectivity index (χ2n) is 5.30. The van der Waals surface area contributed by atoms with Crippen molar-refractivity contribution >= 4 is 11.5 Å². The highest BCUT2D eigenvalue weighted by Gasteiger charge is 2.21. The van der Waals surface area contributed by atoms with Crippen LogP contribution in [0, 0.1) is 22.7 Å². The van der Waals surface area contributed by atoms with Gasteiger partial charge in [0.05, 0.1) is 6.61 Å². The van der Waals surface area contributed by atoms with Crippen LogP contribution in [0.15, 0.2) is 24.3 Å². The average Bonchev–Trinajstić information content (AvgIpc) is 2.63. The van der Waals surface area contributed by atoms with Gasteiger partial charge in [-0.25, -0.2) is 0 Å². The molecule has 0 atom stereocenters. The van der Waals surface area contributed by atoms with Crippen LogP contribution in [0.5, 0.6) is 5.88 Å². The normalized spacial score (nSPS) is 9.96. The molecule has 25 heavy (non-hydrogen) atoms. The van der Waals surface area contributed by atoms with E-state index in [9.17, 15) is 10.5 Å². The largest absolute Gasteiger partial charge is 0.477 e. The maximum atomic E-state index is 9.59. The van der Waals surface area contributed by atoms with Crippen LogP contribution < -0.4 is 15.4 Å². The molecule has 0 aliphatic rings. The lowest BCUT2D eigenvalue weighted by molar-refractivity contribution is 0.326. The maximum Gasteiger partial charge on any atom is 0.234 e. The summed E-state index contributed by atoms with van der Waals surface area (Å²) in [6.45, 7) is 8.15. The monoisotopic (exact) mass is 335 g/mol. The summed E-state index contributed by atoms with van der Waals surface area (Å²) in [6.07, 6.45) is 0. The lowest BCUT2D eigenvalue weighted by Gasteiger charge is -2.21. The molecule has 0 saturated carbocycles. The molecule has 0 aliphatic heterocycles. The molecular formula is C19H21N5O. The SMILES string of the molecule is CCOc1nc(N)c(C#N)c(-c2ccc(N(CC)CC)cc2)c1C#N. The Morgan fingerprint density at radius 3 is 2.12 bits per heavy atom. The van der Waals surface area contributed by atoms with Crippen molar-refractivity contribution < 1.29 is 4.74 Å². The van der Waals surface area contributed by atoms with Gasteiger partial charge >= 0.3 is 0 Å². The van der Waals surface area contributed by atoms with Crippen molar-refractivity contribution in [2.75, 3.05) is 30.3 Å². The van der Waals surface area contributed by atoms with Crippen LogP contribution >= 0.6 is 0 Å². The summed E-state index contributed by atoms with van der Waals surface area (Å²) in [6, 6.07) is 11.9. The van der Waals surface area contributed by atoms with Crippen molar-refractivity contribution in [3.8, 4) is 29.1 Å². The third kappa shape index (κ3) is 3.49. The zero-order chi connectivity index (χ0) is 18.4. The minimum Gasteiger partial charge on any atom is -0.477 e. The molecule has 2 N–H and O–H groups in total. The van der Waals surface area contributed by atoms with Gasteiger partial charge in [-0.05, 0) is 38.5 Å². The van der Waals surface area contributed by atoms with Crippen molar-refractivity contribution in [2.24, 2.45) is 0 Å². The predicted octanol–water partition coefficient (Wildman–Crippen LogP) is 3.32. The number of nitrogen functional groups attached to an aromatic ring is 1. The number of nitrogens with zero attached hydrogens (tertiary/aromatic N) is 4. The molecule has 1 aromatic heterocycles. The Morgan fingerprint density at radius 1 is 1.04 bits per heavy atom. The number of benzene rings is 1. The van der Waals surface area contributed by atoms with Crippen molar-refractivity contribution in [3.05, 3.63) is 35.4 Å². The second kappa shape index (κ2) is 8.03. The van der Waals surface area contributed by atoms with Crippen LogP contribution in [0.3, 0.4) is 0 Å². The third-order valence-corrected chi connectivity index (χ3v) is 3.98. The van der Waals surface area contributed by atoms with E-state index >= 15 is 0 Å². The molecule has 6 heteroatoms. The predicted molar refractivity (Wildman–Crippen MR) is 98.2 cm³/mol. The van der Waals surface area contributed by atoms with Crippen LogP contribution in [0.25, 0.3) is 11.1 Å². The van der Waals surface area contributed by atoms with Crippen molar-refractivity contribution in [2.45, 2.75) is 20.8 Å². The number of hydrogen-bond acceptors (Lipinski definition) is 6. The van der Waals surface area contributed by atoms with Crippen molar-refractivity contribution in [1.82, 2.24) is 4.98 Å². The van der Waals surface area contributed by atoms with Crippen molar-refractivity contribution in [1.29, 1.82) is 10.5 Å². The summed E-state index contributed by atoms with van der Waals surface area (Å²) in [5.74, 6) is 0.220. The standard InChI is InChI=1S/C19H21N5O/c1-4-24(5-2)14-9-7-13(8-10-14)17-15(11-20)18(22)23-19(25-6-3)16(17)12-21/h7-10H,4-6H2,1-3H3,(H2,22,23). The quantitative estimate of drug-likeness (QED) is 0.869. The molecule has 0 saturated heterocycles. The van der Waals surface area contributed by atoms with E-state index in [1.54, 1.807) is 6.92 Å². The van der Waals surface area contributed by atoms with E-state index < -0.39 is 0 Å². The molecule has 0 aliphatic carbocycles. The van der Waals surface area contributed by atoms with Crippen LogP contribution in [-0.4, -0.2) is 24.7 Å². The molecule has 0 amide bonds. The maximum absolute atomic E-state index is 9.59. The molecular weight excluding hydrogens is 314 g/mol. The second-order valence-corrected chi connectivity index (χ2v) is 5.30. The Balaban J connectivity index is 2.65. The van der Waals surface area contributed by atoms with Crippen molar-refractivity contribution in [3.63, 3.8) is 0 Å². The van der Waals surface area contributed by atoms with E-state index in [0.29, 0.717) is 12.2 Å². The Hall–Kier alpha value is -3.25. The smallest absolute Gasteiger partial charge is 0.234 e. The number of rotatable bonds is 6. The number of ether oxygens (including phenoxy) is 1. The summed E-state index contributed by atoms with van der Waals surface area (Å²) < 4.78 is 5.44. The van der Waals surface area contributed by atoms with Crippen LogP contribution in [-0.2, 0) is 0 Å². The number of hydrogen-bond donors (Lipinski definition) is 1. The zero-order valence-electron chi connectivity index (χ0n) is 14.7. The minimum atomic E-state index is 0.0627. The lowest BCUT2D eigenvalue weighted by atomic mass is 9.96. The fraction of sp³-hybridized carbons (Fsp3) is 0.316. The van der Waals surface area contributed by atoms with E-state index in [1.807, 2.05) is 24.3 Å². The lowest BCUT2D eigenvalue weighted by Crippen LogP contribution is -2.21. The van der Waals surface area contributed by atoms with Gasteiger partial charge in [-0.1, -0.05) is 12.1 Å². The first-order chi connectivity index (χ1) is 12.1. The molecule has 0 unspecified atom stereocenters. The molecule has 2 rings (SSSR count). The Bertz CT molecular complexity index is 827. The Kier molecular flexibility index (Phi) is 5.81. The molecule has 1 aromatic carbocycles. The number of nitriles is 2. The molecule has 0 radical (unpaired) electrons. The molecule has 6 nitrogen and oxygen atoms in total. The van der Waals surface area contributed by atoms with Gasteiger partial charge in [0.25, 0.3) is 0 Å². The number of aromatic nitrogens is 1. The van der Waals surface area contributed by atoms with Gasteiger partial charge in [0, 0.05) is 24.3 Å². The van der Waals surface area contributed by atoms with Gasteiger partial charge in [0.2, 0.25) is 5.88 Å². The van der Waals surface area contributed by atoms with Crippen LogP contribution in [0.1, 0.15) is 31.9 Å². The van der Waals surface area contributed by atoms with Crippen LogP contribution in [0.4, 0.5) is 11.5 Å². The fourth-order valence-corrected chi connectivity index (χ4v) is 2.76. The topological polar surface area (TPSA) is 99.0 Å². The highest BCUT2D eigenvalue weighted by atomic mass is 16.5. The molecule has 0 bridgehead atoms. The van der Waals surface area contributed by atoms with Gasteiger partial charge < -0.3 is 15.4 Å². The summed E-state index contributed by atoms with van der Waals surface area (Å²) in [5.41, 5.74) is 8.61. The highest BCUT2D eigenvalue weighted by Crippen LogP contribution is 2.35. The van der Waals surface area contributed by atoms with Crippen LogP contribution in [0.2, 0.25) is 0 Å².